The lowest BCUT2D eigenvalue weighted by Gasteiger charge is -2.14. The first-order valence-electron chi connectivity index (χ1n) is 8.69. The van der Waals surface area contributed by atoms with Gasteiger partial charge in [0.15, 0.2) is 5.16 Å². The SMILES string of the molecule is Cc1ccc(CSc2nc3c(c(=O)n2Cc2ccccc2)SCC3)cc1. The van der Waals surface area contributed by atoms with Crippen molar-refractivity contribution in [2.45, 2.75) is 35.7 Å². The van der Waals surface area contributed by atoms with E-state index in [1.807, 2.05) is 22.8 Å². The molecule has 0 amide bonds. The van der Waals surface area contributed by atoms with Crippen LogP contribution in [0.5, 0.6) is 0 Å². The highest BCUT2D eigenvalue weighted by atomic mass is 32.2. The van der Waals surface area contributed by atoms with Gasteiger partial charge in [-0.15, -0.1) is 11.8 Å². The zero-order valence-corrected chi connectivity index (χ0v) is 16.3. The maximum Gasteiger partial charge on any atom is 0.268 e. The number of fused-ring (bicyclic) bond motifs is 1. The molecule has 132 valence electrons. The Bertz CT molecular complexity index is 966. The number of hydrogen-bond acceptors (Lipinski definition) is 4. The second-order valence-electron chi connectivity index (χ2n) is 6.42. The van der Waals surface area contributed by atoms with Crippen LogP contribution in [0.4, 0.5) is 0 Å². The van der Waals surface area contributed by atoms with Crippen LogP contribution in [0.25, 0.3) is 0 Å². The highest BCUT2D eigenvalue weighted by Gasteiger charge is 2.21. The lowest BCUT2D eigenvalue weighted by atomic mass is 10.2. The van der Waals surface area contributed by atoms with Crippen LogP contribution in [0.3, 0.4) is 0 Å². The van der Waals surface area contributed by atoms with Crippen molar-refractivity contribution in [3.8, 4) is 0 Å². The molecule has 4 rings (SSSR count). The third-order valence-corrected chi connectivity index (χ3v) is 6.58. The van der Waals surface area contributed by atoms with Gasteiger partial charge in [0.25, 0.3) is 5.56 Å². The molecular formula is C21H20N2OS2. The fourth-order valence-corrected chi connectivity index (χ4v) is 4.99. The third-order valence-electron chi connectivity index (χ3n) is 4.42. The predicted octanol–water partition coefficient (Wildman–Crippen LogP) is 4.54. The molecule has 0 N–H and O–H groups in total. The van der Waals surface area contributed by atoms with Crippen LogP contribution in [-0.4, -0.2) is 15.3 Å². The normalized spacial score (nSPS) is 13.0. The van der Waals surface area contributed by atoms with E-state index in [2.05, 4.69) is 43.3 Å². The van der Waals surface area contributed by atoms with Crippen LogP contribution in [0.2, 0.25) is 0 Å². The molecule has 0 aliphatic carbocycles. The van der Waals surface area contributed by atoms with E-state index in [0.717, 1.165) is 39.2 Å². The lowest BCUT2D eigenvalue weighted by Crippen LogP contribution is -2.25. The standard InChI is InChI=1S/C21H20N2OS2/c1-15-7-9-17(10-8-15)14-26-21-22-18-11-12-25-19(18)20(24)23(21)13-16-5-3-2-4-6-16/h2-10H,11-14H2,1H3. The highest BCUT2D eigenvalue weighted by Crippen LogP contribution is 2.30. The van der Waals surface area contributed by atoms with E-state index in [9.17, 15) is 4.79 Å². The van der Waals surface area contributed by atoms with Crippen molar-refractivity contribution in [3.63, 3.8) is 0 Å². The molecule has 0 spiro atoms. The van der Waals surface area contributed by atoms with E-state index in [1.54, 1.807) is 23.5 Å². The molecule has 1 aliphatic rings. The van der Waals surface area contributed by atoms with E-state index in [1.165, 1.54) is 11.1 Å². The second kappa shape index (κ2) is 7.72. The van der Waals surface area contributed by atoms with Crippen LogP contribution in [0.15, 0.2) is 69.4 Å². The smallest absolute Gasteiger partial charge is 0.268 e. The maximum absolute atomic E-state index is 13.0. The van der Waals surface area contributed by atoms with Gasteiger partial charge in [0.2, 0.25) is 0 Å². The number of aryl methyl sites for hydroxylation is 2. The highest BCUT2D eigenvalue weighted by molar-refractivity contribution is 7.99. The molecule has 3 aromatic rings. The summed E-state index contributed by atoms with van der Waals surface area (Å²) in [6.45, 7) is 2.66. The largest absolute Gasteiger partial charge is 0.282 e. The Kier molecular flexibility index (Phi) is 5.18. The Balaban J connectivity index is 1.66. The molecule has 0 radical (unpaired) electrons. The average molecular weight is 381 g/mol. The Labute approximate surface area is 161 Å². The maximum atomic E-state index is 13.0. The molecule has 1 aliphatic heterocycles. The molecule has 0 saturated heterocycles. The number of hydrogen-bond donors (Lipinski definition) is 0. The van der Waals surface area contributed by atoms with Gasteiger partial charge in [-0.2, -0.15) is 0 Å². The summed E-state index contributed by atoms with van der Waals surface area (Å²) < 4.78 is 1.84. The molecule has 0 atom stereocenters. The minimum Gasteiger partial charge on any atom is -0.282 e. The van der Waals surface area contributed by atoms with Crippen molar-refractivity contribution < 1.29 is 0 Å². The molecule has 2 heterocycles. The van der Waals surface area contributed by atoms with Crippen molar-refractivity contribution in [3.05, 3.63) is 87.3 Å². The number of nitrogens with zero attached hydrogens (tertiary/aromatic N) is 2. The monoisotopic (exact) mass is 380 g/mol. The number of rotatable bonds is 5. The number of benzene rings is 2. The summed E-state index contributed by atoms with van der Waals surface area (Å²) in [5.74, 6) is 1.77. The first-order valence-corrected chi connectivity index (χ1v) is 10.7. The molecule has 0 unspecified atom stereocenters. The fraction of sp³-hybridized carbons (Fsp3) is 0.238. The summed E-state index contributed by atoms with van der Waals surface area (Å²) in [6.07, 6.45) is 0.888. The van der Waals surface area contributed by atoms with Gasteiger partial charge in [-0.1, -0.05) is 71.9 Å². The third kappa shape index (κ3) is 3.74. The van der Waals surface area contributed by atoms with Crippen molar-refractivity contribution in [1.82, 2.24) is 9.55 Å². The zero-order chi connectivity index (χ0) is 17.9. The van der Waals surface area contributed by atoms with Gasteiger partial charge in [-0.25, -0.2) is 4.98 Å². The van der Waals surface area contributed by atoms with E-state index in [0.29, 0.717) is 6.54 Å². The van der Waals surface area contributed by atoms with Crippen LogP contribution >= 0.6 is 23.5 Å². The predicted molar refractivity (Wildman–Crippen MR) is 109 cm³/mol. The van der Waals surface area contributed by atoms with Crippen molar-refractivity contribution in [2.24, 2.45) is 0 Å². The Hall–Kier alpha value is -1.98. The topological polar surface area (TPSA) is 34.9 Å². The molecule has 0 bridgehead atoms. The lowest BCUT2D eigenvalue weighted by molar-refractivity contribution is 0.616. The summed E-state index contributed by atoms with van der Waals surface area (Å²) in [5, 5.41) is 0.820. The van der Waals surface area contributed by atoms with Crippen LogP contribution in [-0.2, 0) is 18.7 Å². The summed E-state index contributed by atoms with van der Waals surface area (Å²) in [7, 11) is 0. The first-order chi connectivity index (χ1) is 12.7. The Morgan fingerprint density at radius 2 is 1.85 bits per heavy atom. The average Bonchev–Trinajstić information content (AvgIpc) is 3.13. The first kappa shape index (κ1) is 17.4. The van der Waals surface area contributed by atoms with Crippen LogP contribution in [0.1, 0.15) is 22.4 Å². The van der Waals surface area contributed by atoms with E-state index in [4.69, 9.17) is 4.98 Å². The van der Waals surface area contributed by atoms with Gasteiger partial charge in [0.1, 0.15) is 0 Å². The van der Waals surface area contributed by atoms with E-state index >= 15 is 0 Å². The van der Waals surface area contributed by atoms with E-state index in [-0.39, 0.29) is 5.56 Å². The Morgan fingerprint density at radius 3 is 2.62 bits per heavy atom. The molecular weight excluding hydrogens is 360 g/mol. The van der Waals surface area contributed by atoms with Crippen LogP contribution in [0, 0.1) is 6.92 Å². The molecule has 0 fully saturated rings. The van der Waals surface area contributed by atoms with Gasteiger partial charge < -0.3 is 0 Å². The van der Waals surface area contributed by atoms with Gasteiger partial charge in [-0.3, -0.25) is 9.36 Å². The molecule has 26 heavy (non-hydrogen) atoms. The zero-order valence-electron chi connectivity index (χ0n) is 14.6. The molecule has 3 nitrogen and oxygen atoms in total. The van der Waals surface area contributed by atoms with Gasteiger partial charge in [0, 0.05) is 17.9 Å². The van der Waals surface area contributed by atoms with Gasteiger partial charge >= 0.3 is 0 Å². The summed E-state index contributed by atoms with van der Waals surface area (Å²) in [6, 6.07) is 18.7. The number of thioether (sulfide) groups is 2. The molecule has 1 aromatic heterocycles. The quantitative estimate of drug-likeness (QED) is 0.481. The molecule has 5 heteroatoms. The second-order valence-corrected chi connectivity index (χ2v) is 8.47. The van der Waals surface area contributed by atoms with Gasteiger partial charge in [-0.05, 0) is 18.1 Å². The number of aromatic nitrogens is 2. The summed E-state index contributed by atoms with van der Waals surface area (Å²) in [5.41, 5.74) is 4.70. The minimum atomic E-state index is 0.104. The van der Waals surface area contributed by atoms with Crippen molar-refractivity contribution >= 4 is 23.5 Å². The van der Waals surface area contributed by atoms with Crippen molar-refractivity contribution in [2.75, 3.05) is 5.75 Å². The summed E-state index contributed by atoms with van der Waals surface area (Å²) >= 11 is 3.29. The van der Waals surface area contributed by atoms with Crippen LogP contribution < -0.4 is 5.56 Å². The van der Waals surface area contributed by atoms with Gasteiger partial charge in [0.05, 0.1) is 17.1 Å². The Morgan fingerprint density at radius 1 is 1.08 bits per heavy atom. The minimum absolute atomic E-state index is 0.104. The summed E-state index contributed by atoms with van der Waals surface area (Å²) in [4.78, 5) is 18.7. The fourth-order valence-electron chi connectivity index (χ4n) is 2.97. The van der Waals surface area contributed by atoms with Crippen molar-refractivity contribution in [1.29, 1.82) is 0 Å². The molecule has 2 aromatic carbocycles. The van der Waals surface area contributed by atoms with E-state index < -0.39 is 0 Å². The molecule has 0 saturated carbocycles.